The first kappa shape index (κ1) is 23.2. The van der Waals surface area contributed by atoms with Gasteiger partial charge in [-0.1, -0.05) is 26.8 Å². The molecule has 0 bridgehead atoms. The number of ether oxygens (including phenoxy) is 1. The van der Waals surface area contributed by atoms with Gasteiger partial charge in [-0.05, 0) is 37.2 Å². The average molecular weight is 454 g/mol. The Morgan fingerprint density at radius 3 is 2.53 bits per heavy atom. The van der Waals surface area contributed by atoms with Gasteiger partial charge in [-0.2, -0.15) is 0 Å². The first-order chi connectivity index (χ1) is 14.8. The van der Waals surface area contributed by atoms with Crippen LogP contribution in [0.25, 0.3) is 0 Å². The lowest BCUT2D eigenvalue weighted by molar-refractivity contribution is -0.204. The highest BCUT2D eigenvalue weighted by molar-refractivity contribution is 6.04. The molecule has 5 nitrogen and oxygen atoms in total. The van der Waals surface area contributed by atoms with Gasteiger partial charge in [-0.3, -0.25) is 14.4 Å². The van der Waals surface area contributed by atoms with Gasteiger partial charge in [-0.15, -0.1) is 0 Å². The van der Waals surface area contributed by atoms with E-state index in [-0.39, 0.29) is 24.3 Å². The monoisotopic (exact) mass is 454 g/mol. The maximum atomic E-state index is 15.4. The molecule has 0 aromatic rings. The fraction of sp³-hybridized carbons (Fsp3) is 0.708. The van der Waals surface area contributed by atoms with E-state index in [4.69, 9.17) is 4.74 Å². The Balaban J connectivity index is 1.86. The van der Waals surface area contributed by atoms with Crippen molar-refractivity contribution in [1.82, 2.24) is 0 Å². The number of hydrogen-bond acceptors (Lipinski definition) is 5. The number of ketones is 2. The number of fused-ring (bicyclic) bond motifs is 5. The number of carbonyl (C=O) groups excluding carboxylic acids is 3. The molecule has 0 radical (unpaired) electrons. The Kier molecular flexibility index (Phi) is 5.27. The second kappa shape index (κ2) is 7.27. The molecule has 32 heavy (non-hydrogen) atoms. The molecule has 0 heterocycles. The zero-order valence-electron chi connectivity index (χ0n) is 18.7. The molecule has 8 heteroatoms. The summed E-state index contributed by atoms with van der Waals surface area (Å²) >= 11 is 0. The number of halogens is 3. The molecule has 4 aliphatic carbocycles. The van der Waals surface area contributed by atoms with Crippen molar-refractivity contribution in [3.05, 3.63) is 23.6 Å². The summed E-state index contributed by atoms with van der Waals surface area (Å²) in [5.74, 6) is -5.57. The highest BCUT2D eigenvalue weighted by atomic mass is 19.1. The van der Waals surface area contributed by atoms with Gasteiger partial charge in [0, 0.05) is 35.2 Å². The number of rotatable bonds is 3. The van der Waals surface area contributed by atoms with Crippen LogP contribution in [0.4, 0.5) is 13.2 Å². The number of aliphatic hydroxyl groups excluding tert-OH is 1. The maximum absolute atomic E-state index is 15.4. The number of aliphatic hydroxyl groups is 1. The fourth-order valence-electron chi connectivity index (χ4n) is 7.94. The van der Waals surface area contributed by atoms with Gasteiger partial charge in [0.2, 0.25) is 11.6 Å². The lowest BCUT2D eigenvalue weighted by Gasteiger charge is -2.60. The van der Waals surface area contributed by atoms with Crippen molar-refractivity contribution >= 4 is 17.5 Å². The minimum atomic E-state index is -1.77. The van der Waals surface area contributed by atoms with Crippen molar-refractivity contribution in [3.8, 4) is 0 Å². The van der Waals surface area contributed by atoms with Crippen molar-refractivity contribution in [1.29, 1.82) is 0 Å². The molecule has 0 amide bonds. The number of carbonyl (C=O) groups is 3. The molecule has 9 atom stereocenters. The minimum absolute atomic E-state index is 0.00538. The topological polar surface area (TPSA) is 80.7 Å². The third-order valence-corrected chi connectivity index (χ3v) is 8.93. The van der Waals surface area contributed by atoms with Crippen LogP contribution in [-0.2, 0) is 19.1 Å². The Labute approximate surface area is 185 Å². The van der Waals surface area contributed by atoms with Crippen LogP contribution < -0.4 is 0 Å². The van der Waals surface area contributed by atoms with Crippen LogP contribution in [0, 0.1) is 34.5 Å². The first-order valence-electron chi connectivity index (χ1n) is 11.1. The zero-order valence-corrected chi connectivity index (χ0v) is 18.7. The van der Waals surface area contributed by atoms with E-state index in [1.165, 1.54) is 6.08 Å². The maximum Gasteiger partial charge on any atom is 0.303 e. The van der Waals surface area contributed by atoms with E-state index in [0.717, 1.165) is 13.0 Å². The Morgan fingerprint density at radius 2 is 1.94 bits per heavy atom. The number of hydrogen-bond donors (Lipinski definition) is 1. The number of esters is 1. The molecule has 176 valence electrons. The summed E-state index contributed by atoms with van der Waals surface area (Å²) in [5.41, 5.74) is -4.32. The smallest absolute Gasteiger partial charge is 0.303 e. The summed E-state index contributed by atoms with van der Waals surface area (Å²) < 4.78 is 49.5. The summed E-state index contributed by atoms with van der Waals surface area (Å²) in [6.45, 7) is 4.88. The normalized spacial score (nSPS) is 47.6. The largest absolute Gasteiger partial charge is 0.450 e. The molecule has 0 saturated heterocycles. The Morgan fingerprint density at radius 1 is 1.28 bits per heavy atom. The van der Waals surface area contributed by atoms with Crippen LogP contribution >= 0.6 is 0 Å². The average Bonchev–Trinajstić information content (AvgIpc) is 2.91. The number of Topliss-reactive ketones (excluding diaryl/α,β-unsaturated/α-hetero) is 1. The lowest BCUT2D eigenvalue weighted by atomic mass is 9.45. The van der Waals surface area contributed by atoms with Gasteiger partial charge in [0.25, 0.3) is 0 Å². The predicted molar refractivity (Wildman–Crippen MR) is 108 cm³/mol. The molecule has 4 aliphatic rings. The SMILES string of the molecule is CC(=O)O[C@]1(C(=O)CF)[C@@H](C)C[C@H]2[C@@H]3C[C@H](F)C4=C(F)C(=O)C=C[C@]4(C)[C@H]3[C@@H](O)C[C@@]21C. The van der Waals surface area contributed by atoms with Crippen molar-refractivity contribution in [3.63, 3.8) is 0 Å². The van der Waals surface area contributed by atoms with E-state index in [1.54, 1.807) is 20.8 Å². The number of alkyl halides is 2. The second-order valence-electron chi connectivity index (χ2n) is 10.4. The second-order valence-corrected chi connectivity index (χ2v) is 10.4. The van der Waals surface area contributed by atoms with Crippen LogP contribution in [-0.4, -0.2) is 47.2 Å². The fourth-order valence-corrected chi connectivity index (χ4v) is 7.94. The van der Waals surface area contributed by atoms with Crippen molar-refractivity contribution < 1.29 is 37.4 Å². The molecule has 0 aliphatic heterocycles. The Bertz CT molecular complexity index is 944. The van der Waals surface area contributed by atoms with Gasteiger partial charge >= 0.3 is 5.97 Å². The number of allylic oxidation sites excluding steroid dienone is 4. The van der Waals surface area contributed by atoms with E-state index in [2.05, 4.69) is 0 Å². The molecule has 3 fully saturated rings. The summed E-state index contributed by atoms with van der Waals surface area (Å²) in [4.78, 5) is 36.8. The van der Waals surface area contributed by atoms with Crippen LogP contribution in [0.5, 0.6) is 0 Å². The molecule has 4 rings (SSSR count). The van der Waals surface area contributed by atoms with E-state index >= 15 is 4.39 Å². The molecule has 0 unspecified atom stereocenters. The molecular formula is C24H29F3O5. The first-order valence-corrected chi connectivity index (χ1v) is 11.1. The molecule has 0 spiro atoms. The van der Waals surface area contributed by atoms with E-state index in [9.17, 15) is 28.3 Å². The zero-order chi connectivity index (χ0) is 23.8. The van der Waals surface area contributed by atoms with Crippen LogP contribution in [0.15, 0.2) is 23.6 Å². The molecule has 3 saturated carbocycles. The van der Waals surface area contributed by atoms with Crippen LogP contribution in [0.1, 0.15) is 47.0 Å². The predicted octanol–water partition coefficient (Wildman–Crippen LogP) is 3.60. The van der Waals surface area contributed by atoms with Gasteiger partial charge in [0.05, 0.1) is 6.10 Å². The molecule has 0 aromatic heterocycles. The standard InChI is InChI=1S/C24H29F3O5/c1-11-7-14-13-8-15(26)20-21(27)16(29)5-6-22(20,3)19(13)17(30)9-23(14,4)24(11,18(31)10-25)32-12(2)28/h5-6,11,13-15,17,19,30H,7-10H2,1-4H3/t11-,13-,14-,15-,17-,19+,22+,23-,24-/m0/s1. The highest BCUT2D eigenvalue weighted by Gasteiger charge is 2.73. The molecular weight excluding hydrogens is 425 g/mol. The van der Waals surface area contributed by atoms with Gasteiger partial charge < -0.3 is 9.84 Å². The van der Waals surface area contributed by atoms with E-state index in [0.29, 0.717) is 6.42 Å². The third-order valence-electron chi connectivity index (χ3n) is 8.93. The van der Waals surface area contributed by atoms with Crippen molar-refractivity contribution in [2.24, 2.45) is 34.5 Å². The van der Waals surface area contributed by atoms with E-state index < -0.39 is 76.5 Å². The molecule has 1 N–H and O–H groups in total. The quantitative estimate of drug-likeness (QED) is 0.660. The highest BCUT2D eigenvalue weighted by Crippen LogP contribution is 2.69. The summed E-state index contributed by atoms with van der Waals surface area (Å²) in [6, 6.07) is 0. The summed E-state index contributed by atoms with van der Waals surface area (Å²) in [5, 5.41) is 11.3. The summed E-state index contributed by atoms with van der Waals surface area (Å²) in [7, 11) is 0. The molecule has 0 aromatic carbocycles. The third kappa shape index (κ3) is 2.71. The summed E-state index contributed by atoms with van der Waals surface area (Å²) in [6.07, 6.45) is -0.0297. The van der Waals surface area contributed by atoms with Crippen molar-refractivity contribution in [2.75, 3.05) is 6.67 Å². The van der Waals surface area contributed by atoms with Crippen molar-refractivity contribution in [2.45, 2.75) is 64.8 Å². The van der Waals surface area contributed by atoms with E-state index in [1.807, 2.05) is 0 Å². The Hall–Kier alpha value is -1.96. The van der Waals surface area contributed by atoms with Gasteiger partial charge in [0.1, 0.15) is 6.17 Å². The van der Waals surface area contributed by atoms with Crippen LogP contribution in [0.2, 0.25) is 0 Å². The minimum Gasteiger partial charge on any atom is -0.450 e. The van der Waals surface area contributed by atoms with Gasteiger partial charge in [0.15, 0.2) is 18.1 Å². The lowest BCUT2D eigenvalue weighted by Crippen LogP contribution is -2.64. The van der Waals surface area contributed by atoms with Crippen LogP contribution in [0.3, 0.4) is 0 Å². The van der Waals surface area contributed by atoms with Gasteiger partial charge in [-0.25, -0.2) is 13.2 Å².